The van der Waals surface area contributed by atoms with Crippen LogP contribution in [-0.4, -0.2) is 29.7 Å². The van der Waals surface area contributed by atoms with E-state index in [1.54, 1.807) is 24.3 Å². The molecular weight excluding hydrogens is 295 g/mol. The van der Waals surface area contributed by atoms with Gasteiger partial charge in [0.25, 0.3) is 5.91 Å². The fraction of sp³-hybridized carbons (Fsp3) is 0.353. The standard InChI is InChI=1S/C17H21FN4O/c1-3-4-11-22(2)16-10-9-15(20-21-16)17(23)19-12-13-5-7-14(18)8-6-13/h5-10H,3-4,11-12H2,1-2H3,(H,19,23). The summed E-state index contributed by atoms with van der Waals surface area (Å²) in [5, 5.41) is 10.8. The van der Waals surface area contributed by atoms with Gasteiger partial charge in [-0.05, 0) is 36.2 Å². The minimum atomic E-state index is -0.301. The normalized spacial score (nSPS) is 10.4. The van der Waals surface area contributed by atoms with Gasteiger partial charge < -0.3 is 10.2 Å². The van der Waals surface area contributed by atoms with Crippen molar-refractivity contribution >= 4 is 11.7 Å². The van der Waals surface area contributed by atoms with E-state index in [0.717, 1.165) is 30.8 Å². The third-order valence-electron chi connectivity index (χ3n) is 3.49. The van der Waals surface area contributed by atoms with E-state index in [9.17, 15) is 9.18 Å². The lowest BCUT2D eigenvalue weighted by Crippen LogP contribution is -2.25. The molecule has 1 amide bonds. The Morgan fingerprint density at radius 2 is 1.91 bits per heavy atom. The highest BCUT2D eigenvalue weighted by atomic mass is 19.1. The second kappa shape index (κ2) is 8.22. The molecule has 1 aromatic heterocycles. The lowest BCUT2D eigenvalue weighted by atomic mass is 10.2. The predicted molar refractivity (Wildman–Crippen MR) is 87.8 cm³/mol. The number of carbonyl (C=O) groups excluding carboxylic acids is 1. The Morgan fingerprint density at radius 3 is 2.52 bits per heavy atom. The van der Waals surface area contributed by atoms with Crippen LogP contribution in [0.4, 0.5) is 10.2 Å². The molecule has 0 saturated heterocycles. The molecule has 2 rings (SSSR count). The first-order valence-corrected chi connectivity index (χ1v) is 7.67. The first-order chi connectivity index (χ1) is 11.1. The van der Waals surface area contributed by atoms with E-state index in [1.165, 1.54) is 12.1 Å². The van der Waals surface area contributed by atoms with Crippen molar-refractivity contribution in [3.63, 3.8) is 0 Å². The maximum absolute atomic E-state index is 12.8. The Hall–Kier alpha value is -2.50. The molecule has 1 heterocycles. The monoisotopic (exact) mass is 316 g/mol. The molecule has 0 atom stereocenters. The molecule has 1 aromatic carbocycles. The van der Waals surface area contributed by atoms with Crippen molar-refractivity contribution in [3.05, 3.63) is 53.5 Å². The predicted octanol–water partition coefficient (Wildman–Crippen LogP) is 2.78. The van der Waals surface area contributed by atoms with Crippen LogP contribution in [0.1, 0.15) is 35.8 Å². The number of hydrogen-bond donors (Lipinski definition) is 1. The van der Waals surface area contributed by atoms with Gasteiger partial charge in [0.1, 0.15) is 5.82 Å². The maximum atomic E-state index is 12.8. The lowest BCUT2D eigenvalue weighted by Gasteiger charge is -2.16. The van der Waals surface area contributed by atoms with Crippen LogP contribution in [0.15, 0.2) is 36.4 Å². The molecule has 0 unspecified atom stereocenters. The number of unbranched alkanes of at least 4 members (excludes halogenated alkanes) is 1. The molecule has 0 spiro atoms. The van der Waals surface area contributed by atoms with Crippen molar-refractivity contribution in [2.45, 2.75) is 26.3 Å². The molecule has 6 heteroatoms. The molecule has 1 N–H and O–H groups in total. The number of nitrogens with zero attached hydrogens (tertiary/aromatic N) is 3. The Morgan fingerprint density at radius 1 is 1.17 bits per heavy atom. The van der Waals surface area contributed by atoms with Gasteiger partial charge in [-0.15, -0.1) is 10.2 Å². The van der Waals surface area contributed by atoms with E-state index in [4.69, 9.17) is 0 Å². The first kappa shape index (κ1) is 16.9. The number of amides is 1. The number of nitrogens with one attached hydrogen (secondary N) is 1. The zero-order valence-corrected chi connectivity index (χ0v) is 13.4. The second-order valence-electron chi connectivity index (χ2n) is 5.36. The third kappa shape index (κ3) is 5.02. The number of carbonyl (C=O) groups is 1. The van der Waals surface area contributed by atoms with Crippen molar-refractivity contribution < 1.29 is 9.18 Å². The number of anilines is 1. The first-order valence-electron chi connectivity index (χ1n) is 7.67. The summed E-state index contributed by atoms with van der Waals surface area (Å²) in [6, 6.07) is 9.44. The Bertz CT molecular complexity index is 628. The van der Waals surface area contributed by atoms with Crippen molar-refractivity contribution in [1.82, 2.24) is 15.5 Å². The number of aromatic nitrogens is 2. The number of halogens is 1. The van der Waals surface area contributed by atoms with Gasteiger partial charge in [-0.3, -0.25) is 4.79 Å². The minimum absolute atomic E-state index is 0.264. The molecule has 5 nitrogen and oxygen atoms in total. The molecule has 0 aliphatic carbocycles. The maximum Gasteiger partial charge on any atom is 0.272 e. The number of benzene rings is 1. The summed E-state index contributed by atoms with van der Waals surface area (Å²) < 4.78 is 12.8. The van der Waals surface area contributed by atoms with Crippen LogP contribution in [0.3, 0.4) is 0 Å². The Labute approximate surface area is 135 Å². The highest BCUT2D eigenvalue weighted by Crippen LogP contribution is 2.09. The van der Waals surface area contributed by atoms with Crippen LogP contribution < -0.4 is 10.2 Å². The van der Waals surface area contributed by atoms with Gasteiger partial charge in [0.2, 0.25) is 0 Å². The summed E-state index contributed by atoms with van der Waals surface area (Å²) in [7, 11) is 1.95. The van der Waals surface area contributed by atoms with Crippen LogP contribution >= 0.6 is 0 Å². The molecule has 0 fully saturated rings. The zero-order valence-electron chi connectivity index (χ0n) is 13.4. The van der Waals surface area contributed by atoms with Gasteiger partial charge in [-0.1, -0.05) is 25.5 Å². The van der Waals surface area contributed by atoms with Gasteiger partial charge in [0.15, 0.2) is 11.5 Å². The summed E-state index contributed by atoms with van der Waals surface area (Å²) in [4.78, 5) is 14.0. The molecule has 0 aliphatic rings. The van der Waals surface area contributed by atoms with Crippen molar-refractivity contribution in [1.29, 1.82) is 0 Å². The average Bonchev–Trinajstić information content (AvgIpc) is 2.59. The Kier molecular flexibility index (Phi) is 6.02. The van der Waals surface area contributed by atoms with Crippen LogP contribution in [-0.2, 0) is 6.54 Å². The fourth-order valence-electron chi connectivity index (χ4n) is 2.03. The van der Waals surface area contributed by atoms with E-state index in [1.807, 2.05) is 11.9 Å². The smallest absolute Gasteiger partial charge is 0.272 e. The zero-order chi connectivity index (χ0) is 16.7. The fourth-order valence-corrected chi connectivity index (χ4v) is 2.03. The van der Waals surface area contributed by atoms with Gasteiger partial charge in [-0.25, -0.2) is 4.39 Å². The van der Waals surface area contributed by atoms with Crippen LogP contribution in [0.2, 0.25) is 0 Å². The van der Waals surface area contributed by atoms with E-state index < -0.39 is 0 Å². The molecule has 0 radical (unpaired) electrons. The summed E-state index contributed by atoms with van der Waals surface area (Å²) in [5.41, 5.74) is 1.09. The summed E-state index contributed by atoms with van der Waals surface area (Å²) in [6.07, 6.45) is 2.19. The van der Waals surface area contributed by atoms with Crippen LogP contribution in [0, 0.1) is 5.82 Å². The highest BCUT2D eigenvalue weighted by Gasteiger charge is 2.09. The molecule has 0 saturated carbocycles. The van der Waals surface area contributed by atoms with E-state index in [0.29, 0.717) is 6.54 Å². The molecular formula is C17H21FN4O. The van der Waals surface area contributed by atoms with Gasteiger partial charge in [0.05, 0.1) is 0 Å². The molecule has 0 bridgehead atoms. The van der Waals surface area contributed by atoms with Gasteiger partial charge >= 0.3 is 0 Å². The van der Waals surface area contributed by atoms with Gasteiger partial charge in [-0.2, -0.15) is 0 Å². The molecule has 0 aliphatic heterocycles. The minimum Gasteiger partial charge on any atom is -0.358 e. The third-order valence-corrected chi connectivity index (χ3v) is 3.49. The lowest BCUT2D eigenvalue weighted by molar-refractivity contribution is 0.0945. The summed E-state index contributed by atoms with van der Waals surface area (Å²) in [6.45, 7) is 3.36. The summed E-state index contributed by atoms with van der Waals surface area (Å²) in [5.74, 6) is 0.145. The molecule has 23 heavy (non-hydrogen) atoms. The summed E-state index contributed by atoms with van der Waals surface area (Å²) >= 11 is 0. The van der Waals surface area contributed by atoms with Gasteiger partial charge in [0, 0.05) is 20.1 Å². The highest BCUT2D eigenvalue weighted by molar-refractivity contribution is 5.92. The quantitative estimate of drug-likeness (QED) is 0.853. The largest absolute Gasteiger partial charge is 0.358 e. The van der Waals surface area contributed by atoms with Crippen molar-refractivity contribution in [3.8, 4) is 0 Å². The van der Waals surface area contributed by atoms with E-state index in [2.05, 4.69) is 22.4 Å². The Balaban J connectivity index is 1.90. The van der Waals surface area contributed by atoms with E-state index >= 15 is 0 Å². The number of rotatable bonds is 7. The molecule has 2 aromatic rings. The topological polar surface area (TPSA) is 58.1 Å². The van der Waals surface area contributed by atoms with Crippen molar-refractivity contribution in [2.75, 3.05) is 18.5 Å². The average molecular weight is 316 g/mol. The SMILES string of the molecule is CCCCN(C)c1ccc(C(=O)NCc2ccc(F)cc2)nn1. The van der Waals surface area contributed by atoms with Crippen LogP contribution in [0.25, 0.3) is 0 Å². The van der Waals surface area contributed by atoms with E-state index in [-0.39, 0.29) is 17.4 Å². The number of hydrogen-bond acceptors (Lipinski definition) is 4. The van der Waals surface area contributed by atoms with Crippen LogP contribution in [0.5, 0.6) is 0 Å². The van der Waals surface area contributed by atoms with Crippen molar-refractivity contribution in [2.24, 2.45) is 0 Å². The molecule has 122 valence electrons. The second-order valence-corrected chi connectivity index (χ2v) is 5.36.